The highest BCUT2D eigenvalue weighted by Crippen LogP contribution is 2.29. The number of halogens is 2. The minimum absolute atomic E-state index is 0. The highest BCUT2D eigenvalue weighted by molar-refractivity contribution is 5.87. The van der Waals surface area contributed by atoms with Gasteiger partial charge in [-0.1, -0.05) is 48.5 Å². The van der Waals surface area contributed by atoms with Crippen molar-refractivity contribution in [2.75, 3.05) is 0 Å². The van der Waals surface area contributed by atoms with Gasteiger partial charge in [-0.3, -0.25) is 4.98 Å². The minimum atomic E-state index is -0.241. The second-order valence-corrected chi connectivity index (χ2v) is 6.64. The number of nitrogens with zero attached hydrogens (tertiary/aromatic N) is 1. The molecule has 0 aliphatic rings. The van der Waals surface area contributed by atoms with Crippen molar-refractivity contribution in [2.24, 2.45) is 0 Å². The molecule has 0 radical (unpaired) electrons. The fraction of sp³-hybridized carbons (Fsp3) is 0.125. The van der Waals surface area contributed by atoms with Crippen LogP contribution in [-0.2, 0) is 19.7 Å². The zero-order chi connectivity index (χ0) is 19.2. The zero-order valence-electron chi connectivity index (χ0n) is 15.8. The molecule has 0 saturated carbocycles. The van der Waals surface area contributed by atoms with E-state index in [-0.39, 0.29) is 18.2 Å². The SMILES string of the molecule is Cl.Fc1ccc(COc2ccc3ccccc3c2CNCc2cccnc2)cc1. The lowest BCUT2D eigenvalue weighted by atomic mass is 10.0. The molecule has 0 spiro atoms. The molecule has 0 aliphatic carbocycles. The van der Waals surface area contributed by atoms with E-state index in [9.17, 15) is 4.39 Å². The second kappa shape index (κ2) is 10.0. The molecule has 0 unspecified atom stereocenters. The zero-order valence-corrected chi connectivity index (χ0v) is 16.7. The molecule has 0 atom stereocenters. The van der Waals surface area contributed by atoms with E-state index >= 15 is 0 Å². The van der Waals surface area contributed by atoms with Gasteiger partial charge in [-0.2, -0.15) is 0 Å². The smallest absolute Gasteiger partial charge is 0.124 e. The summed E-state index contributed by atoms with van der Waals surface area (Å²) in [5.41, 5.74) is 3.18. The molecule has 29 heavy (non-hydrogen) atoms. The Morgan fingerprint density at radius 1 is 0.828 bits per heavy atom. The monoisotopic (exact) mass is 408 g/mol. The summed E-state index contributed by atoms with van der Waals surface area (Å²) in [5, 5.41) is 5.83. The van der Waals surface area contributed by atoms with Crippen molar-refractivity contribution >= 4 is 23.2 Å². The van der Waals surface area contributed by atoms with E-state index in [1.165, 1.54) is 17.5 Å². The third-order valence-electron chi connectivity index (χ3n) is 4.66. The van der Waals surface area contributed by atoms with Gasteiger partial charge in [-0.25, -0.2) is 4.39 Å². The maximum Gasteiger partial charge on any atom is 0.124 e. The highest BCUT2D eigenvalue weighted by Gasteiger charge is 2.09. The first-order chi connectivity index (χ1) is 13.8. The summed E-state index contributed by atoms with van der Waals surface area (Å²) in [6, 6.07) is 22.8. The van der Waals surface area contributed by atoms with E-state index in [4.69, 9.17) is 4.74 Å². The van der Waals surface area contributed by atoms with Crippen LogP contribution in [-0.4, -0.2) is 4.98 Å². The van der Waals surface area contributed by atoms with Crippen molar-refractivity contribution < 1.29 is 9.13 Å². The molecule has 4 rings (SSSR count). The number of pyridine rings is 1. The van der Waals surface area contributed by atoms with Crippen LogP contribution in [0.15, 0.2) is 85.2 Å². The maximum absolute atomic E-state index is 13.1. The number of benzene rings is 3. The molecule has 5 heteroatoms. The summed E-state index contributed by atoms with van der Waals surface area (Å²) in [4.78, 5) is 4.16. The van der Waals surface area contributed by atoms with Crippen LogP contribution in [0.3, 0.4) is 0 Å². The Labute approximate surface area is 176 Å². The van der Waals surface area contributed by atoms with Gasteiger partial charge in [0.2, 0.25) is 0 Å². The maximum atomic E-state index is 13.1. The number of nitrogens with one attached hydrogen (secondary N) is 1. The third-order valence-corrected chi connectivity index (χ3v) is 4.66. The molecule has 4 aromatic rings. The highest BCUT2D eigenvalue weighted by atomic mass is 35.5. The van der Waals surface area contributed by atoms with E-state index < -0.39 is 0 Å². The Morgan fingerprint density at radius 3 is 2.45 bits per heavy atom. The van der Waals surface area contributed by atoms with Crippen LogP contribution < -0.4 is 10.1 Å². The molecule has 1 heterocycles. The molecular formula is C24H22ClFN2O. The van der Waals surface area contributed by atoms with Gasteiger partial charge in [0.1, 0.15) is 18.2 Å². The van der Waals surface area contributed by atoms with Gasteiger partial charge < -0.3 is 10.1 Å². The lowest BCUT2D eigenvalue weighted by Crippen LogP contribution is -2.14. The van der Waals surface area contributed by atoms with Crippen molar-refractivity contribution in [3.63, 3.8) is 0 Å². The van der Waals surface area contributed by atoms with Crippen LogP contribution in [0.5, 0.6) is 5.75 Å². The Hall–Kier alpha value is -2.95. The quantitative estimate of drug-likeness (QED) is 0.428. The predicted molar refractivity (Wildman–Crippen MR) is 117 cm³/mol. The van der Waals surface area contributed by atoms with E-state index in [1.54, 1.807) is 18.3 Å². The van der Waals surface area contributed by atoms with E-state index in [0.717, 1.165) is 34.4 Å². The van der Waals surface area contributed by atoms with E-state index in [2.05, 4.69) is 34.6 Å². The standard InChI is InChI=1S/C24H21FN2O.ClH/c25-21-10-7-18(8-11-21)17-28-24-12-9-20-5-1-2-6-22(20)23(24)16-27-15-19-4-3-13-26-14-19;/h1-14,27H,15-17H2;1H. The summed E-state index contributed by atoms with van der Waals surface area (Å²) in [7, 11) is 0. The Kier molecular flexibility index (Phi) is 7.17. The van der Waals surface area contributed by atoms with E-state index in [1.807, 2.05) is 30.5 Å². The number of aromatic nitrogens is 1. The van der Waals surface area contributed by atoms with Gasteiger partial charge in [0.25, 0.3) is 0 Å². The lowest BCUT2D eigenvalue weighted by molar-refractivity contribution is 0.302. The van der Waals surface area contributed by atoms with Gasteiger partial charge in [0.15, 0.2) is 0 Å². The van der Waals surface area contributed by atoms with Crippen LogP contribution >= 0.6 is 12.4 Å². The average molecular weight is 409 g/mol. The van der Waals surface area contributed by atoms with Crippen molar-refractivity contribution in [1.82, 2.24) is 10.3 Å². The Balaban J connectivity index is 0.00000240. The summed E-state index contributed by atoms with van der Waals surface area (Å²) in [5.74, 6) is 0.594. The molecule has 1 aromatic heterocycles. The van der Waals surface area contributed by atoms with Crippen LogP contribution in [0.2, 0.25) is 0 Å². The topological polar surface area (TPSA) is 34.1 Å². The fourth-order valence-corrected chi connectivity index (χ4v) is 3.21. The van der Waals surface area contributed by atoms with Crippen LogP contribution in [0, 0.1) is 5.82 Å². The second-order valence-electron chi connectivity index (χ2n) is 6.64. The molecule has 0 bridgehead atoms. The van der Waals surface area contributed by atoms with Gasteiger partial charge in [-0.05, 0) is 46.2 Å². The molecule has 1 N–H and O–H groups in total. The number of fused-ring (bicyclic) bond motifs is 1. The molecule has 0 aliphatic heterocycles. The van der Waals surface area contributed by atoms with Crippen LogP contribution in [0.4, 0.5) is 4.39 Å². The summed E-state index contributed by atoms with van der Waals surface area (Å²) < 4.78 is 19.2. The normalized spacial score (nSPS) is 10.5. The van der Waals surface area contributed by atoms with Gasteiger partial charge in [0, 0.05) is 31.0 Å². The van der Waals surface area contributed by atoms with Crippen molar-refractivity contribution in [2.45, 2.75) is 19.7 Å². The predicted octanol–water partition coefficient (Wildman–Crippen LogP) is 5.66. The van der Waals surface area contributed by atoms with Crippen molar-refractivity contribution in [3.8, 4) is 5.75 Å². The molecule has 0 fully saturated rings. The first kappa shape index (κ1) is 20.8. The first-order valence-electron chi connectivity index (χ1n) is 9.27. The summed E-state index contributed by atoms with van der Waals surface area (Å²) in [6.45, 7) is 1.80. The van der Waals surface area contributed by atoms with Crippen molar-refractivity contribution in [1.29, 1.82) is 0 Å². The molecule has 148 valence electrons. The average Bonchev–Trinajstić information content (AvgIpc) is 2.75. The number of ether oxygens (including phenoxy) is 1. The Morgan fingerprint density at radius 2 is 1.66 bits per heavy atom. The van der Waals surface area contributed by atoms with Crippen LogP contribution in [0.1, 0.15) is 16.7 Å². The molecule has 0 amide bonds. The first-order valence-corrected chi connectivity index (χ1v) is 9.27. The minimum Gasteiger partial charge on any atom is -0.489 e. The third kappa shape index (κ3) is 5.31. The fourth-order valence-electron chi connectivity index (χ4n) is 3.21. The lowest BCUT2D eigenvalue weighted by Gasteiger charge is -2.15. The van der Waals surface area contributed by atoms with Gasteiger partial charge in [-0.15, -0.1) is 12.4 Å². The largest absolute Gasteiger partial charge is 0.489 e. The van der Waals surface area contributed by atoms with Gasteiger partial charge >= 0.3 is 0 Å². The van der Waals surface area contributed by atoms with Gasteiger partial charge in [0.05, 0.1) is 0 Å². The molecule has 0 saturated heterocycles. The Bertz CT molecular complexity index is 1060. The van der Waals surface area contributed by atoms with Crippen LogP contribution in [0.25, 0.3) is 10.8 Å². The van der Waals surface area contributed by atoms with E-state index in [0.29, 0.717) is 13.2 Å². The van der Waals surface area contributed by atoms with Crippen molar-refractivity contribution in [3.05, 3.63) is 108 Å². The summed E-state index contributed by atoms with van der Waals surface area (Å²) >= 11 is 0. The number of rotatable bonds is 7. The molecule has 3 nitrogen and oxygen atoms in total. The summed E-state index contributed by atoms with van der Waals surface area (Å²) in [6.07, 6.45) is 3.64. The molecular weight excluding hydrogens is 387 g/mol. The molecule has 3 aromatic carbocycles. The number of hydrogen-bond acceptors (Lipinski definition) is 3. The number of hydrogen-bond donors (Lipinski definition) is 1.